The van der Waals surface area contributed by atoms with E-state index in [2.05, 4.69) is 67.5 Å². The summed E-state index contributed by atoms with van der Waals surface area (Å²) in [6.45, 7) is 3.09. The van der Waals surface area contributed by atoms with E-state index in [4.69, 9.17) is 4.74 Å². The van der Waals surface area contributed by atoms with Crippen molar-refractivity contribution in [1.29, 1.82) is 0 Å². The van der Waals surface area contributed by atoms with Crippen molar-refractivity contribution >= 4 is 55.0 Å². The van der Waals surface area contributed by atoms with Crippen LogP contribution in [0.1, 0.15) is 19.3 Å². The van der Waals surface area contributed by atoms with E-state index < -0.39 is 0 Å². The molecule has 22 heavy (non-hydrogen) atoms. The third-order valence-corrected chi connectivity index (χ3v) is 5.37. The highest BCUT2D eigenvalue weighted by atomic mass is 79.9. The number of nitrogens with one attached hydrogen (secondary N) is 1. The summed E-state index contributed by atoms with van der Waals surface area (Å²) in [6, 6.07) is 10.5. The summed E-state index contributed by atoms with van der Waals surface area (Å²) in [6.07, 6.45) is 3.74. The summed E-state index contributed by atoms with van der Waals surface area (Å²) >= 11 is 7.19. The summed E-state index contributed by atoms with van der Waals surface area (Å²) in [4.78, 5) is 0. The monoisotopic (exact) mass is 447 g/mol. The van der Waals surface area contributed by atoms with E-state index in [0.717, 1.165) is 40.2 Å². The smallest absolute Gasteiger partial charge is 0.134 e. The molecule has 0 amide bonds. The lowest BCUT2D eigenvalue weighted by atomic mass is 9.97. The first-order valence-electron chi connectivity index (χ1n) is 7.45. The molecular formula is C17H20Br2ClNO. The van der Waals surface area contributed by atoms with E-state index in [0.29, 0.717) is 0 Å². The molecule has 0 radical (unpaired) electrons. The van der Waals surface area contributed by atoms with Gasteiger partial charge in [-0.15, -0.1) is 12.4 Å². The predicted molar refractivity (Wildman–Crippen MR) is 102 cm³/mol. The largest absolute Gasteiger partial charge is 0.492 e. The molecule has 0 bridgehead atoms. The van der Waals surface area contributed by atoms with Gasteiger partial charge in [-0.2, -0.15) is 0 Å². The number of hydrogen-bond acceptors (Lipinski definition) is 2. The Morgan fingerprint density at radius 3 is 2.82 bits per heavy atom. The molecule has 2 aromatic rings. The second-order valence-electron chi connectivity index (χ2n) is 5.59. The fourth-order valence-corrected chi connectivity index (χ4v) is 3.85. The Balaban J connectivity index is 0.00000176. The number of ether oxygens (including phenoxy) is 1. The normalized spacial score (nSPS) is 18.0. The minimum atomic E-state index is 0. The third-order valence-electron chi connectivity index (χ3n) is 4.06. The second-order valence-corrected chi connectivity index (χ2v) is 7.30. The number of rotatable bonds is 4. The Labute approximate surface area is 154 Å². The van der Waals surface area contributed by atoms with Gasteiger partial charge < -0.3 is 10.1 Å². The molecule has 1 atom stereocenters. The Bertz CT molecular complexity index is 629. The van der Waals surface area contributed by atoms with Crippen molar-refractivity contribution in [2.75, 3.05) is 19.7 Å². The van der Waals surface area contributed by atoms with Crippen molar-refractivity contribution in [3.63, 3.8) is 0 Å². The molecule has 3 rings (SSSR count). The molecular weight excluding hydrogens is 429 g/mol. The molecule has 0 aromatic heterocycles. The van der Waals surface area contributed by atoms with Crippen molar-refractivity contribution < 1.29 is 4.74 Å². The highest BCUT2D eigenvalue weighted by Crippen LogP contribution is 2.34. The van der Waals surface area contributed by atoms with Gasteiger partial charge in [-0.1, -0.05) is 28.1 Å². The average Bonchev–Trinajstić information content (AvgIpc) is 2.50. The Kier molecular flexibility index (Phi) is 7.00. The van der Waals surface area contributed by atoms with Gasteiger partial charge in [0.2, 0.25) is 0 Å². The number of fused-ring (bicyclic) bond motifs is 1. The summed E-state index contributed by atoms with van der Waals surface area (Å²) < 4.78 is 8.14. The molecule has 1 unspecified atom stereocenters. The maximum absolute atomic E-state index is 5.99. The molecule has 1 aliphatic heterocycles. The summed E-state index contributed by atoms with van der Waals surface area (Å²) in [7, 11) is 0. The predicted octanol–water partition coefficient (Wildman–Crippen LogP) is 5.56. The van der Waals surface area contributed by atoms with Crippen LogP contribution in [0.5, 0.6) is 5.75 Å². The quantitative estimate of drug-likeness (QED) is 0.660. The van der Waals surface area contributed by atoms with E-state index in [1.165, 1.54) is 30.2 Å². The minimum absolute atomic E-state index is 0. The molecule has 0 spiro atoms. The molecule has 1 heterocycles. The molecule has 1 N–H and O–H groups in total. The first kappa shape index (κ1) is 18.1. The first-order valence-corrected chi connectivity index (χ1v) is 9.04. The lowest BCUT2D eigenvalue weighted by Gasteiger charge is -2.22. The van der Waals surface area contributed by atoms with E-state index in [-0.39, 0.29) is 12.4 Å². The van der Waals surface area contributed by atoms with Crippen molar-refractivity contribution in [1.82, 2.24) is 5.32 Å². The van der Waals surface area contributed by atoms with Crippen LogP contribution in [0.3, 0.4) is 0 Å². The van der Waals surface area contributed by atoms with Gasteiger partial charge in [0.25, 0.3) is 0 Å². The first-order chi connectivity index (χ1) is 10.2. The highest BCUT2D eigenvalue weighted by Gasteiger charge is 2.13. The number of hydrogen-bond donors (Lipinski definition) is 1. The van der Waals surface area contributed by atoms with Crippen molar-refractivity contribution in [2.24, 2.45) is 5.92 Å². The van der Waals surface area contributed by atoms with E-state index in [1.54, 1.807) is 0 Å². The van der Waals surface area contributed by atoms with E-state index >= 15 is 0 Å². The third kappa shape index (κ3) is 4.38. The van der Waals surface area contributed by atoms with Crippen molar-refractivity contribution in [3.05, 3.63) is 39.3 Å². The maximum Gasteiger partial charge on any atom is 0.134 e. The van der Waals surface area contributed by atoms with Crippen molar-refractivity contribution in [3.8, 4) is 5.75 Å². The van der Waals surface area contributed by atoms with E-state index in [1.807, 2.05) is 0 Å². The molecule has 1 fully saturated rings. The van der Waals surface area contributed by atoms with Crippen LogP contribution in [-0.4, -0.2) is 19.7 Å². The van der Waals surface area contributed by atoms with Gasteiger partial charge in [0, 0.05) is 4.47 Å². The van der Waals surface area contributed by atoms with Gasteiger partial charge in [0.15, 0.2) is 0 Å². The molecule has 1 aliphatic rings. The lowest BCUT2D eigenvalue weighted by Crippen LogP contribution is -2.30. The summed E-state index contributed by atoms with van der Waals surface area (Å²) in [5, 5.41) is 5.85. The lowest BCUT2D eigenvalue weighted by molar-refractivity contribution is 0.253. The average molecular weight is 450 g/mol. The standard InChI is InChI=1S/C17H19Br2NO.ClH/c18-14-4-5-15-13(10-14)3-6-16(17(15)19)21-9-7-12-2-1-8-20-11-12;/h3-6,10,12,20H,1-2,7-9,11H2;1H. The molecule has 120 valence electrons. The summed E-state index contributed by atoms with van der Waals surface area (Å²) in [5.41, 5.74) is 0. The van der Waals surface area contributed by atoms with Gasteiger partial charge in [0.1, 0.15) is 5.75 Å². The number of halogens is 3. The Morgan fingerprint density at radius 2 is 2.05 bits per heavy atom. The molecule has 0 saturated carbocycles. The van der Waals surface area contributed by atoms with Crippen LogP contribution in [0.15, 0.2) is 39.3 Å². The number of benzene rings is 2. The van der Waals surface area contributed by atoms with Crippen LogP contribution in [0.25, 0.3) is 10.8 Å². The fraction of sp³-hybridized carbons (Fsp3) is 0.412. The minimum Gasteiger partial charge on any atom is -0.492 e. The zero-order valence-electron chi connectivity index (χ0n) is 12.3. The van der Waals surface area contributed by atoms with Crippen molar-refractivity contribution in [2.45, 2.75) is 19.3 Å². The van der Waals surface area contributed by atoms with E-state index in [9.17, 15) is 0 Å². The van der Waals surface area contributed by atoms with Crippen LogP contribution in [0.2, 0.25) is 0 Å². The van der Waals surface area contributed by atoms with Gasteiger partial charge in [-0.05, 0) is 83.2 Å². The molecule has 2 nitrogen and oxygen atoms in total. The van der Waals surface area contributed by atoms with Crippen LogP contribution >= 0.6 is 44.3 Å². The summed E-state index contributed by atoms with van der Waals surface area (Å²) in [5.74, 6) is 1.70. The van der Waals surface area contributed by atoms with Crippen LogP contribution in [-0.2, 0) is 0 Å². The fourth-order valence-electron chi connectivity index (χ4n) is 2.86. The number of piperidine rings is 1. The van der Waals surface area contributed by atoms with Gasteiger partial charge >= 0.3 is 0 Å². The Hall–Kier alpha value is -0.290. The second kappa shape index (κ2) is 8.53. The molecule has 0 aliphatic carbocycles. The zero-order chi connectivity index (χ0) is 14.7. The molecule has 5 heteroatoms. The molecule has 2 aromatic carbocycles. The Morgan fingerprint density at radius 1 is 1.18 bits per heavy atom. The van der Waals surface area contributed by atoms with Crippen LogP contribution < -0.4 is 10.1 Å². The van der Waals surface area contributed by atoms with Gasteiger partial charge in [0.05, 0.1) is 11.1 Å². The zero-order valence-corrected chi connectivity index (χ0v) is 16.3. The maximum atomic E-state index is 5.99. The van der Waals surface area contributed by atoms with Gasteiger partial charge in [-0.3, -0.25) is 0 Å². The SMILES string of the molecule is Brc1ccc2c(Br)c(OCCC3CCCNC3)ccc2c1.Cl. The molecule has 1 saturated heterocycles. The van der Waals surface area contributed by atoms with Crippen LogP contribution in [0, 0.1) is 5.92 Å². The van der Waals surface area contributed by atoms with Gasteiger partial charge in [-0.25, -0.2) is 0 Å². The highest BCUT2D eigenvalue weighted by molar-refractivity contribution is 9.11. The topological polar surface area (TPSA) is 21.3 Å². The van der Waals surface area contributed by atoms with Crippen LogP contribution in [0.4, 0.5) is 0 Å².